The van der Waals surface area contributed by atoms with E-state index in [9.17, 15) is 0 Å². The van der Waals surface area contributed by atoms with E-state index < -0.39 is 0 Å². The third-order valence-electron chi connectivity index (χ3n) is 1.58. The zero-order valence-corrected chi connectivity index (χ0v) is 11.3. The fourth-order valence-electron chi connectivity index (χ4n) is 0.893. The smallest absolute Gasteiger partial charge is 0.0564 e. The lowest BCUT2D eigenvalue weighted by atomic mass is 10.0. The molecule has 0 spiro atoms. The lowest BCUT2D eigenvalue weighted by molar-refractivity contribution is 0.111. The molecule has 12 heavy (non-hydrogen) atoms. The monoisotopic (exact) mass is 306 g/mol. The molecule has 0 saturated carbocycles. The topological polar surface area (TPSA) is 49.5 Å². The molecule has 0 heterocycles. The Hall–Kier alpha value is 0.840. The molecule has 78 valence electrons. The third-order valence-corrected chi connectivity index (χ3v) is 1.58. The third kappa shape index (κ3) is 8.93. The van der Waals surface area contributed by atoms with Crippen molar-refractivity contribution in [2.24, 2.45) is 11.7 Å². The van der Waals surface area contributed by atoms with Crippen LogP contribution >= 0.6 is 34.0 Å². The van der Waals surface area contributed by atoms with Crippen molar-refractivity contribution in [1.29, 1.82) is 0 Å². The second kappa shape index (κ2) is 9.92. The molecule has 0 aliphatic carbocycles. The molecule has 5 heteroatoms. The van der Waals surface area contributed by atoms with E-state index in [4.69, 9.17) is 10.8 Å². The maximum absolute atomic E-state index is 9.15. The Morgan fingerprint density at radius 2 is 1.75 bits per heavy atom. The minimum atomic E-state index is -0.299. The van der Waals surface area contributed by atoms with Crippen molar-refractivity contribution >= 4 is 34.0 Å². The summed E-state index contributed by atoms with van der Waals surface area (Å²) in [6, 6.07) is 0. The van der Waals surface area contributed by atoms with Gasteiger partial charge in [0.25, 0.3) is 0 Å². The molecule has 0 aromatic heterocycles. The van der Waals surface area contributed by atoms with Crippen LogP contribution in [-0.4, -0.2) is 43.3 Å². The first-order valence-electron chi connectivity index (χ1n) is 3.60. The lowest BCUT2D eigenvalue weighted by Crippen LogP contribution is -2.34. The highest BCUT2D eigenvalue weighted by molar-refractivity contribution is 8.93. The second-order valence-electron chi connectivity index (χ2n) is 3.00. The molecule has 0 aliphatic heterocycles. The SMILES string of the molecule is Br.Br.CC(O)C(CN)CN(C)C. The highest BCUT2D eigenvalue weighted by atomic mass is 79.9. The van der Waals surface area contributed by atoms with Gasteiger partial charge in [-0.25, -0.2) is 0 Å². The number of nitrogens with two attached hydrogens (primary N) is 1. The molecule has 0 aliphatic rings. The van der Waals surface area contributed by atoms with Crippen LogP contribution < -0.4 is 5.73 Å². The molecule has 0 fully saturated rings. The fourth-order valence-corrected chi connectivity index (χ4v) is 0.893. The molecule has 3 N–H and O–H groups in total. The summed E-state index contributed by atoms with van der Waals surface area (Å²) < 4.78 is 0. The van der Waals surface area contributed by atoms with Crippen LogP contribution in [0.3, 0.4) is 0 Å². The number of aliphatic hydroxyl groups is 1. The van der Waals surface area contributed by atoms with Gasteiger partial charge in [-0.15, -0.1) is 34.0 Å². The maximum atomic E-state index is 9.15. The van der Waals surface area contributed by atoms with E-state index in [-0.39, 0.29) is 46.0 Å². The predicted molar refractivity (Wildman–Crippen MR) is 63.4 cm³/mol. The van der Waals surface area contributed by atoms with Gasteiger partial charge in [0.1, 0.15) is 0 Å². The van der Waals surface area contributed by atoms with Gasteiger partial charge in [0.15, 0.2) is 0 Å². The summed E-state index contributed by atoms with van der Waals surface area (Å²) in [5.74, 6) is 0.204. The Morgan fingerprint density at radius 1 is 1.33 bits per heavy atom. The van der Waals surface area contributed by atoms with Crippen molar-refractivity contribution in [3.8, 4) is 0 Å². The zero-order chi connectivity index (χ0) is 8.15. The molecular formula is C7H20Br2N2O. The van der Waals surface area contributed by atoms with Crippen LogP contribution in [0.5, 0.6) is 0 Å². The quantitative estimate of drug-likeness (QED) is 0.802. The normalized spacial score (nSPS) is 14.5. The number of halogens is 2. The molecule has 0 saturated heterocycles. The fraction of sp³-hybridized carbons (Fsp3) is 1.00. The Balaban J connectivity index is -0.000000405. The van der Waals surface area contributed by atoms with Gasteiger partial charge in [-0.3, -0.25) is 0 Å². The van der Waals surface area contributed by atoms with Gasteiger partial charge in [0, 0.05) is 12.5 Å². The van der Waals surface area contributed by atoms with Gasteiger partial charge >= 0.3 is 0 Å². The number of aliphatic hydroxyl groups excluding tert-OH is 1. The number of nitrogens with zero attached hydrogens (tertiary/aromatic N) is 1. The van der Waals surface area contributed by atoms with E-state index in [0.29, 0.717) is 6.54 Å². The average Bonchev–Trinajstić information content (AvgIpc) is 1.81. The molecule has 0 amide bonds. The average molecular weight is 308 g/mol. The van der Waals surface area contributed by atoms with Crippen LogP contribution in [0.25, 0.3) is 0 Å². The number of hydrogen-bond donors (Lipinski definition) is 2. The van der Waals surface area contributed by atoms with Crippen LogP contribution in [-0.2, 0) is 0 Å². The van der Waals surface area contributed by atoms with E-state index >= 15 is 0 Å². The summed E-state index contributed by atoms with van der Waals surface area (Å²) in [7, 11) is 3.95. The molecule has 2 atom stereocenters. The van der Waals surface area contributed by atoms with Crippen molar-refractivity contribution in [1.82, 2.24) is 4.90 Å². The van der Waals surface area contributed by atoms with E-state index in [0.717, 1.165) is 6.54 Å². The Bertz CT molecular complexity index is 91.5. The van der Waals surface area contributed by atoms with Gasteiger partial charge in [0.05, 0.1) is 6.10 Å². The molecule has 0 bridgehead atoms. The first-order valence-corrected chi connectivity index (χ1v) is 3.60. The largest absolute Gasteiger partial charge is 0.393 e. The first-order chi connectivity index (χ1) is 4.57. The standard InChI is InChI=1S/C7H18N2O.2BrH/c1-6(10)7(4-8)5-9(2)3;;/h6-7,10H,4-5,8H2,1-3H3;2*1H. The highest BCUT2D eigenvalue weighted by Gasteiger charge is 2.12. The maximum Gasteiger partial charge on any atom is 0.0564 e. The summed E-state index contributed by atoms with van der Waals surface area (Å²) in [6.45, 7) is 3.19. The molecule has 3 nitrogen and oxygen atoms in total. The zero-order valence-electron chi connectivity index (χ0n) is 7.86. The van der Waals surface area contributed by atoms with Crippen molar-refractivity contribution in [3.05, 3.63) is 0 Å². The van der Waals surface area contributed by atoms with Crippen LogP contribution in [0.15, 0.2) is 0 Å². The minimum Gasteiger partial charge on any atom is -0.393 e. The van der Waals surface area contributed by atoms with E-state index in [1.54, 1.807) is 6.92 Å². The van der Waals surface area contributed by atoms with E-state index in [2.05, 4.69) is 0 Å². The van der Waals surface area contributed by atoms with Crippen molar-refractivity contribution in [2.45, 2.75) is 13.0 Å². The van der Waals surface area contributed by atoms with Gasteiger partial charge in [-0.1, -0.05) is 0 Å². The summed E-state index contributed by atoms with van der Waals surface area (Å²) in [6.07, 6.45) is -0.299. The van der Waals surface area contributed by atoms with Crippen molar-refractivity contribution < 1.29 is 5.11 Å². The Kier molecular flexibility index (Phi) is 15.4. The van der Waals surface area contributed by atoms with Gasteiger partial charge < -0.3 is 15.7 Å². The molecule has 0 aromatic rings. The minimum absolute atomic E-state index is 0. The molecular weight excluding hydrogens is 288 g/mol. The van der Waals surface area contributed by atoms with E-state index in [1.807, 2.05) is 19.0 Å². The molecule has 2 unspecified atom stereocenters. The first kappa shape index (κ1) is 18.6. The van der Waals surface area contributed by atoms with E-state index in [1.165, 1.54) is 0 Å². The summed E-state index contributed by atoms with van der Waals surface area (Å²) >= 11 is 0. The molecule has 0 rings (SSSR count). The Labute approximate surface area is 95.8 Å². The van der Waals surface area contributed by atoms with Gasteiger partial charge in [0.2, 0.25) is 0 Å². The summed E-state index contributed by atoms with van der Waals surface area (Å²) in [5.41, 5.74) is 5.44. The number of rotatable bonds is 4. The highest BCUT2D eigenvalue weighted by Crippen LogP contribution is 2.01. The van der Waals surface area contributed by atoms with Crippen LogP contribution in [0.2, 0.25) is 0 Å². The summed E-state index contributed by atoms with van der Waals surface area (Å²) in [5, 5.41) is 9.15. The van der Waals surface area contributed by atoms with Crippen LogP contribution in [0, 0.1) is 5.92 Å². The Morgan fingerprint density at radius 3 is 1.83 bits per heavy atom. The summed E-state index contributed by atoms with van der Waals surface area (Å²) in [4.78, 5) is 2.03. The van der Waals surface area contributed by atoms with Crippen molar-refractivity contribution in [2.75, 3.05) is 27.2 Å². The van der Waals surface area contributed by atoms with Gasteiger partial charge in [-0.05, 0) is 27.6 Å². The molecule has 0 radical (unpaired) electrons. The van der Waals surface area contributed by atoms with Crippen LogP contribution in [0.1, 0.15) is 6.92 Å². The predicted octanol–water partition coefficient (Wildman–Crippen LogP) is 0.659. The molecule has 0 aromatic carbocycles. The van der Waals surface area contributed by atoms with Crippen molar-refractivity contribution in [3.63, 3.8) is 0 Å². The van der Waals surface area contributed by atoms with Gasteiger partial charge in [-0.2, -0.15) is 0 Å². The number of hydrogen-bond acceptors (Lipinski definition) is 3. The second-order valence-corrected chi connectivity index (χ2v) is 3.00. The van der Waals surface area contributed by atoms with Crippen LogP contribution in [0.4, 0.5) is 0 Å². The lowest BCUT2D eigenvalue weighted by Gasteiger charge is -2.21.